The van der Waals surface area contributed by atoms with Crippen LogP contribution in [0, 0.1) is 19.8 Å². The SMILES string of the molecule is Cc1cc(CNC2CCCC(C)C2)c(C)s1. The smallest absolute Gasteiger partial charge is 0.0219 e. The van der Waals surface area contributed by atoms with Gasteiger partial charge >= 0.3 is 0 Å². The second kappa shape index (κ2) is 5.33. The van der Waals surface area contributed by atoms with Gasteiger partial charge in [-0.1, -0.05) is 19.8 Å². The molecule has 1 N–H and O–H groups in total. The van der Waals surface area contributed by atoms with Crippen molar-refractivity contribution in [2.75, 3.05) is 0 Å². The van der Waals surface area contributed by atoms with Crippen LogP contribution in [0.4, 0.5) is 0 Å². The number of thiophene rings is 1. The van der Waals surface area contributed by atoms with Crippen LogP contribution >= 0.6 is 11.3 Å². The van der Waals surface area contributed by atoms with Crippen molar-refractivity contribution in [3.63, 3.8) is 0 Å². The lowest BCUT2D eigenvalue weighted by atomic mass is 9.87. The van der Waals surface area contributed by atoms with Crippen LogP contribution in [0.15, 0.2) is 6.07 Å². The van der Waals surface area contributed by atoms with E-state index in [1.54, 1.807) is 0 Å². The molecule has 1 fully saturated rings. The third-order valence-corrected chi connectivity index (χ3v) is 4.67. The first kappa shape index (κ1) is 12.1. The Morgan fingerprint density at radius 1 is 1.38 bits per heavy atom. The van der Waals surface area contributed by atoms with E-state index in [4.69, 9.17) is 0 Å². The quantitative estimate of drug-likeness (QED) is 0.837. The minimum absolute atomic E-state index is 0.753. The molecular formula is C14H23NS. The molecule has 1 saturated carbocycles. The molecule has 2 rings (SSSR count). The van der Waals surface area contributed by atoms with Gasteiger partial charge in [0.2, 0.25) is 0 Å². The molecule has 1 aliphatic carbocycles. The Labute approximate surface area is 103 Å². The summed E-state index contributed by atoms with van der Waals surface area (Å²) in [6.45, 7) is 7.88. The number of aryl methyl sites for hydroxylation is 2. The second-order valence-corrected chi connectivity index (χ2v) is 6.75. The van der Waals surface area contributed by atoms with E-state index in [9.17, 15) is 0 Å². The van der Waals surface area contributed by atoms with Crippen LogP contribution in [0.5, 0.6) is 0 Å². The highest BCUT2D eigenvalue weighted by molar-refractivity contribution is 7.12. The Bertz CT molecular complexity index is 343. The van der Waals surface area contributed by atoms with Gasteiger partial charge in [0, 0.05) is 22.3 Å². The summed E-state index contributed by atoms with van der Waals surface area (Å²) < 4.78 is 0. The number of hydrogen-bond acceptors (Lipinski definition) is 2. The van der Waals surface area contributed by atoms with Crippen LogP contribution in [0.25, 0.3) is 0 Å². The van der Waals surface area contributed by atoms with Gasteiger partial charge in [0.05, 0.1) is 0 Å². The lowest BCUT2D eigenvalue weighted by Crippen LogP contribution is -2.33. The van der Waals surface area contributed by atoms with Gasteiger partial charge in [-0.15, -0.1) is 11.3 Å². The molecule has 2 heteroatoms. The van der Waals surface area contributed by atoms with Crippen LogP contribution in [-0.2, 0) is 6.54 Å². The molecular weight excluding hydrogens is 214 g/mol. The molecule has 0 bridgehead atoms. The Kier molecular flexibility index (Phi) is 4.04. The lowest BCUT2D eigenvalue weighted by molar-refractivity contribution is 0.300. The van der Waals surface area contributed by atoms with E-state index in [2.05, 4.69) is 32.2 Å². The molecule has 0 spiro atoms. The Morgan fingerprint density at radius 3 is 2.81 bits per heavy atom. The van der Waals surface area contributed by atoms with Crippen molar-refractivity contribution in [2.24, 2.45) is 5.92 Å². The molecule has 1 aromatic rings. The lowest BCUT2D eigenvalue weighted by Gasteiger charge is -2.27. The van der Waals surface area contributed by atoms with E-state index in [1.807, 2.05) is 11.3 Å². The fraction of sp³-hybridized carbons (Fsp3) is 0.714. The summed E-state index contributed by atoms with van der Waals surface area (Å²) in [6, 6.07) is 3.09. The minimum Gasteiger partial charge on any atom is -0.310 e. The van der Waals surface area contributed by atoms with Crippen molar-refractivity contribution in [1.29, 1.82) is 0 Å². The third-order valence-electron chi connectivity index (χ3n) is 3.66. The van der Waals surface area contributed by atoms with Gasteiger partial charge in [-0.2, -0.15) is 0 Å². The van der Waals surface area contributed by atoms with Gasteiger partial charge in [0.15, 0.2) is 0 Å². The average Bonchev–Trinajstić information content (AvgIpc) is 2.54. The fourth-order valence-electron chi connectivity index (χ4n) is 2.73. The van der Waals surface area contributed by atoms with Crippen molar-refractivity contribution in [3.05, 3.63) is 21.4 Å². The first-order valence-corrected chi connectivity index (χ1v) is 7.26. The topological polar surface area (TPSA) is 12.0 Å². The highest BCUT2D eigenvalue weighted by atomic mass is 32.1. The molecule has 0 aromatic carbocycles. The first-order chi connectivity index (χ1) is 7.65. The first-order valence-electron chi connectivity index (χ1n) is 6.44. The molecule has 90 valence electrons. The largest absolute Gasteiger partial charge is 0.310 e. The summed E-state index contributed by atoms with van der Waals surface area (Å²) in [5.74, 6) is 0.913. The number of nitrogens with one attached hydrogen (secondary N) is 1. The molecule has 2 unspecified atom stereocenters. The maximum absolute atomic E-state index is 3.73. The van der Waals surface area contributed by atoms with Crippen LogP contribution < -0.4 is 5.32 Å². The fourth-order valence-corrected chi connectivity index (χ4v) is 3.68. The van der Waals surface area contributed by atoms with Gasteiger partial charge in [-0.25, -0.2) is 0 Å². The van der Waals surface area contributed by atoms with Gasteiger partial charge < -0.3 is 5.32 Å². The molecule has 16 heavy (non-hydrogen) atoms. The zero-order valence-corrected chi connectivity index (χ0v) is 11.5. The van der Waals surface area contributed by atoms with E-state index in [1.165, 1.54) is 41.0 Å². The van der Waals surface area contributed by atoms with Gasteiger partial charge in [0.25, 0.3) is 0 Å². The van der Waals surface area contributed by atoms with Crippen LogP contribution in [0.3, 0.4) is 0 Å². The molecule has 1 heterocycles. The summed E-state index contributed by atoms with van der Waals surface area (Å²) in [5, 5.41) is 3.73. The van der Waals surface area contributed by atoms with Crippen molar-refractivity contribution in [2.45, 2.75) is 59.0 Å². The number of hydrogen-bond donors (Lipinski definition) is 1. The Morgan fingerprint density at radius 2 is 2.19 bits per heavy atom. The highest BCUT2D eigenvalue weighted by Gasteiger charge is 2.18. The van der Waals surface area contributed by atoms with E-state index >= 15 is 0 Å². The van der Waals surface area contributed by atoms with Crippen LogP contribution in [0.2, 0.25) is 0 Å². The summed E-state index contributed by atoms with van der Waals surface area (Å²) in [4.78, 5) is 2.92. The van der Waals surface area contributed by atoms with Gasteiger partial charge in [0.1, 0.15) is 0 Å². The predicted octanol–water partition coefficient (Wildman–Crippen LogP) is 4.03. The van der Waals surface area contributed by atoms with Crippen molar-refractivity contribution >= 4 is 11.3 Å². The zero-order valence-electron chi connectivity index (χ0n) is 10.7. The van der Waals surface area contributed by atoms with E-state index in [-0.39, 0.29) is 0 Å². The standard InChI is InChI=1S/C14H23NS/c1-10-5-4-6-14(7-10)15-9-13-8-11(2)16-12(13)3/h8,10,14-15H,4-7,9H2,1-3H3. The highest BCUT2D eigenvalue weighted by Crippen LogP contribution is 2.25. The summed E-state index contributed by atoms with van der Waals surface area (Å²) in [7, 11) is 0. The molecule has 0 aliphatic heterocycles. The summed E-state index contributed by atoms with van der Waals surface area (Å²) >= 11 is 1.92. The maximum atomic E-state index is 3.73. The third kappa shape index (κ3) is 3.08. The normalized spacial score (nSPS) is 25.9. The monoisotopic (exact) mass is 237 g/mol. The Hall–Kier alpha value is -0.340. The average molecular weight is 237 g/mol. The van der Waals surface area contributed by atoms with Gasteiger partial charge in [-0.3, -0.25) is 0 Å². The molecule has 1 aliphatic rings. The van der Waals surface area contributed by atoms with Crippen LogP contribution in [0.1, 0.15) is 47.9 Å². The maximum Gasteiger partial charge on any atom is 0.0219 e. The molecule has 0 saturated heterocycles. The zero-order chi connectivity index (χ0) is 11.5. The molecule has 1 aromatic heterocycles. The van der Waals surface area contributed by atoms with Crippen molar-refractivity contribution < 1.29 is 0 Å². The Balaban J connectivity index is 1.85. The number of rotatable bonds is 3. The van der Waals surface area contributed by atoms with E-state index in [0.29, 0.717) is 0 Å². The second-order valence-electron chi connectivity index (χ2n) is 5.29. The van der Waals surface area contributed by atoms with E-state index < -0.39 is 0 Å². The molecule has 1 nitrogen and oxygen atoms in total. The summed E-state index contributed by atoms with van der Waals surface area (Å²) in [5.41, 5.74) is 1.50. The van der Waals surface area contributed by atoms with Crippen molar-refractivity contribution in [3.8, 4) is 0 Å². The molecule has 2 atom stereocenters. The molecule has 0 amide bonds. The van der Waals surface area contributed by atoms with Crippen molar-refractivity contribution in [1.82, 2.24) is 5.32 Å². The minimum atomic E-state index is 0.753. The van der Waals surface area contributed by atoms with Crippen LogP contribution in [-0.4, -0.2) is 6.04 Å². The van der Waals surface area contributed by atoms with Gasteiger partial charge in [-0.05, 0) is 44.2 Å². The summed E-state index contributed by atoms with van der Waals surface area (Å²) in [6.07, 6.45) is 5.56. The molecule has 0 radical (unpaired) electrons. The predicted molar refractivity (Wildman–Crippen MR) is 72.1 cm³/mol. The van der Waals surface area contributed by atoms with E-state index in [0.717, 1.165) is 18.5 Å².